The molecule has 0 saturated heterocycles. The van der Waals surface area contributed by atoms with Gasteiger partial charge in [0.1, 0.15) is 5.75 Å². The number of amides is 1. The Labute approximate surface area is 95.8 Å². The zero-order valence-corrected chi connectivity index (χ0v) is 9.69. The van der Waals surface area contributed by atoms with E-state index in [1.54, 1.807) is 6.07 Å². The molecule has 16 heavy (non-hydrogen) atoms. The number of benzene rings is 1. The third-order valence-corrected chi connectivity index (χ3v) is 2.15. The lowest BCUT2D eigenvalue weighted by Gasteiger charge is -2.09. The monoisotopic (exact) mass is 222 g/mol. The quantitative estimate of drug-likeness (QED) is 0.817. The van der Waals surface area contributed by atoms with Crippen molar-refractivity contribution in [2.24, 2.45) is 5.73 Å². The molecule has 0 saturated carbocycles. The maximum absolute atomic E-state index is 11.3. The molecular weight excluding hydrogens is 204 g/mol. The summed E-state index contributed by atoms with van der Waals surface area (Å²) in [6, 6.07) is 7.51. The summed E-state index contributed by atoms with van der Waals surface area (Å²) in [6.45, 7) is 5.01. The zero-order valence-electron chi connectivity index (χ0n) is 9.69. The molecular formula is C12H18N2O2. The van der Waals surface area contributed by atoms with Crippen LogP contribution < -0.4 is 15.8 Å². The second-order valence-corrected chi connectivity index (χ2v) is 3.83. The van der Waals surface area contributed by atoms with E-state index in [0.717, 1.165) is 5.56 Å². The molecule has 0 radical (unpaired) electrons. The van der Waals surface area contributed by atoms with E-state index in [1.807, 2.05) is 18.2 Å². The van der Waals surface area contributed by atoms with E-state index in [-0.39, 0.29) is 0 Å². The fourth-order valence-corrected chi connectivity index (χ4v) is 1.25. The van der Waals surface area contributed by atoms with Gasteiger partial charge in [-0.15, -0.1) is 0 Å². The number of rotatable bonds is 4. The van der Waals surface area contributed by atoms with Crippen molar-refractivity contribution in [3.63, 3.8) is 0 Å². The molecule has 0 aromatic heterocycles. The van der Waals surface area contributed by atoms with Crippen molar-refractivity contribution < 1.29 is 9.53 Å². The smallest absolute Gasteiger partial charge is 0.410 e. The van der Waals surface area contributed by atoms with E-state index in [1.165, 1.54) is 0 Å². The van der Waals surface area contributed by atoms with Gasteiger partial charge in [0.15, 0.2) is 0 Å². The molecule has 0 fully saturated rings. The predicted molar refractivity (Wildman–Crippen MR) is 63.6 cm³/mol. The van der Waals surface area contributed by atoms with Crippen LogP contribution in [0.4, 0.5) is 4.79 Å². The van der Waals surface area contributed by atoms with Gasteiger partial charge < -0.3 is 15.8 Å². The molecule has 0 heterocycles. The van der Waals surface area contributed by atoms with E-state index < -0.39 is 6.09 Å². The second-order valence-electron chi connectivity index (χ2n) is 3.83. The molecule has 1 aromatic carbocycles. The van der Waals surface area contributed by atoms with Crippen LogP contribution in [0.25, 0.3) is 0 Å². The first kappa shape index (κ1) is 12.5. The lowest BCUT2D eigenvalue weighted by atomic mass is 10.0. The Hall–Kier alpha value is -1.55. The molecule has 88 valence electrons. The van der Waals surface area contributed by atoms with Gasteiger partial charge in [0.25, 0.3) is 0 Å². The van der Waals surface area contributed by atoms with E-state index >= 15 is 0 Å². The minimum absolute atomic E-state index is 0.404. The molecule has 0 aliphatic carbocycles. The van der Waals surface area contributed by atoms with Gasteiger partial charge in [0, 0.05) is 13.1 Å². The summed E-state index contributed by atoms with van der Waals surface area (Å²) in [5, 5.41) is 2.54. The molecule has 0 spiro atoms. The maximum atomic E-state index is 11.3. The first-order valence-corrected chi connectivity index (χ1v) is 5.39. The summed E-state index contributed by atoms with van der Waals surface area (Å²) < 4.78 is 5.10. The summed E-state index contributed by atoms with van der Waals surface area (Å²) in [7, 11) is 0. The van der Waals surface area contributed by atoms with Crippen LogP contribution in [0.3, 0.4) is 0 Å². The Morgan fingerprint density at radius 1 is 1.50 bits per heavy atom. The fourth-order valence-electron chi connectivity index (χ4n) is 1.25. The second kappa shape index (κ2) is 6.12. The van der Waals surface area contributed by atoms with Crippen molar-refractivity contribution in [1.82, 2.24) is 5.32 Å². The van der Waals surface area contributed by atoms with Crippen molar-refractivity contribution in [2.75, 3.05) is 13.1 Å². The van der Waals surface area contributed by atoms with E-state index in [0.29, 0.717) is 24.8 Å². The SMILES string of the molecule is CC(C)c1cccc(OC(=O)NCCN)c1. The molecule has 0 aliphatic rings. The van der Waals surface area contributed by atoms with Gasteiger partial charge in [0.2, 0.25) is 0 Å². The van der Waals surface area contributed by atoms with Gasteiger partial charge in [-0.05, 0) is 23.6 Å². The Kier molecular flexibility index (Phi) is 4.79. The van der Waals surface area contributed by atoms with Crippen LogP contribution in [0.15, 0.2) is 24.3 Å². The van der Waals surface area contributed by atoms with Gasteiger partial charge >= 0.3 is 6.09 Å². The number of hydrogen-bond acceptors (Lipinski definition) is 3. The first-order chi connectivity index (χ1) is 7.63. The van der Waals surface area contributed by atoms with Crippen LogP contribution in [0, 0.1) is 0 Å². The van der Waals surface area contributed by atoms with Crippen LogP contribution >= 0.6 is 0 Å². The van der Waals surface area contributed by atoms with Crippen molar-refractivity contribution >= 4 is 6.09 Å². The van der Waals surface area contributed by atoms with Crippen LogP contribution in [0.2, 0.25) is 0 Å². The van der Waals surface area contributed by atoms with Crippen LogP contribution in [0.1, 0.15) is 25.3 Å². The molecule has 1 aromatic rings. The molecule has 0 atom stereocenters. The fraction of sp³-hybridized carbons (Fsp3) is 0.417. The number of carbonyl (C=O) groups is 1. The molecule has 0 unspecified atom stereocenters. The minimum Gasteiger partial charge on any atom is -0.410 e. The number of nitrogens with one attached hydrogen (secondary N) is 1. The predicted octanol–water partition coefficient (Wildman–Crippen LogP) is 1.86. The lowest BCUT2D eigenvalue weighted by Crippen LogP contribution is -2.31. The average Bonchev–Trinajstić information content (AvgIpc) is 2.26. The van der Waals surface area contributed by atoms with Crippen molar-refractivity contribution in [2.45, 2.75) is 19.8 Å². The normalized spacial score (nSPS) is 10.2. The Morgan fingerprint density at radius 2 is 2.25 bits per heavy atom. The van der Waals surface area contributed by atoms with Gasteiger partial charge in [-0.3, -0.25) is 0 Å². The Bertz CT molecular complexity index is 351. The van der Waals surface area contributed by atoms with Gasteiger partial charge in [-0.1, -0.05) is 26.0 Å². The van der Waals surface area contributed by atoms with Gasteiger partial charge in [0.05, 0.1) is 0 Å². The van der Waals surface area contributed by atoms with Crippen molar-refractivity contribution in [3.05, 3.63) is 29.8 Å². The summed E-state index contributed by atoms with van der Waals surface area (Å²) in [4.78, 5) is 11.3. The van der Waals surface area contributed by atoms with Gasteiger partial charge in [-0.25, -0.2) is 4.79 Å². The average molecular weight is 222 g/mol. The zero-order chi connectivity index (χ0) is 12.0. The highest BCUT2D eigenvalue weighted by molar-refractivity contribution is 5.70. The van der Waals surface area contributed by atoms with E-state index in [9.17, 15) is 4.79 Å². The largest absolute Gasteiger partial charge is 0.412 e. The summed E-state index contributed by atoms with van der Waals surface area (Å²) in [5.41, 5.74) is 6.41. The summed E-state index contributed by atoms with van der Waals surface area (Å²) in [5.74, 6) is 0.969. The minimum atomic E-state index is -0.466. The summed E-state index contributed by atoms with van der Waals surface area (Å²) >= 11 is 0. The molecule has 1 amide bonds. The van der Waals surface area contributed by atoms with Gasteiger partial charge in [-0.2, -0.15) is 0 Å². The Morgan fingerprint density at radius 3 is 2.88 bits per heavy atom. The number of carbonyl (C=O) groups excluding carboxylic acids is 1. The van der Waals surface area contributed by atoms with E-state index in [2.05, 4.69) is 19.2 Å². The molecule has 4 nitrogen and oxygen atoms in total. The molecule has 3 N–H and O–H groups in total. The third kappa shape index (κ3) is 3.90. The highest BCUT2D eigenvalue weighted by Crippen LogP contribution is 2.19. The third-order valence-electron chi connectivity index (χ3n) is 2.15. The summed E-state index contributed by atoms with van der Waals surface area (Å²) in [6.07, 6.45) is -0.466. The van der Waals surface area contributed by atoms with Crippen LogP contribution in [-0.4, -0.2) is 19.2 Å². The standard InChI is InChI=1S/C12H18N2O2/c1-9(2)10-4-3-5-11(8-10)16-12(15)14-7-6-13/h3-5,8-9H,6-7,13H2,1-2H3,(H,14,15). The van der Waals surface area contributed by atoms with Crippen LogP contribution in [-0.2, 0) is 0 Å². The Balaban J connectivity index is 2.59. The lowest BCUT2D eigenvalue weighted by molar-refractivity contribution is 0.201. The highest BCUT2D eigenvalue weighted by Gasteiger charge is 2.05. The number of hydrogen-bond donors (Lipinski definition) is 2. The first-order valence-electron chi connectivity index (χ1n) is 5.39. The van der Waals surface area contributed by atoms with Crippen LogP contribution in [0.5, 0.6) is 5.75 Å². The number of nitrogens with two attached hydrogens (primary N) is 1. The molecule has 0 aliphatic heterocycles. The maximum Gasteiger partial charge on any atom is 0.412 e. The topological polar surface area (TPSA) is 64.3 Å². The molecule has 1 rings (SSSR count). The van der Waals surface area contributed by atoms with E-state index in [4.69, 9.17) is 10.5 Å². The van der Waals surface area contributed by atoms with Crippen molar-refractivity contribution in [3.8, 4) is 5.75 Å². The molecule has 4 heteroatoms. The molecule has 0 bridgehead atoms. The van der Waals surface area contributed by atoms with Crippen molar-refractivity contribution in [1.29, 1.82) is 0 Å². The number of ether oxygens (including phenoxy) is 1. The highest BCUT2D eigenvalue weighted by atomic mass is 16.6.